The predicted octanol–water partition coefficient (Wildman–Crippen LogP) is 4.03. The second-order valence-electron chi connectivity index (χ2n) is 4.30. The molecule has 6 heteroatoms. The van der Waals surface area contributed by atoms with Gasteiger partial charge in [0.2, 0.25) is 5.88 Å². The first-order chi connectivity index (χ1) is 9.38. The summed E-state index contributed by atoms with van der Waals surface area (Å²) in [4.78, 5) is 4.48. The molecule has 1 aromatic carbocycles. The van der Waals surface area contributed by atoms with Gasteiger partial charge >= 0.3 is 0 Å². The molecule has 0 saturated heterocycles. The van der Waals surface area contributed by atoms with Crippen molar-refractivity contribution in [2.45, 2.75) is 13.8 Å². The fourth-order valence-corrected chi connectivity index (χ4v) is 2.41. The molecule has 1 aromatic heterocycles. The summed E-state index contributed by atoms with van der Waals surface area (Å²) in [5.74, 6) is 0.200. The molecule has 104 valence electrons. The van der Waals surface area contributed by atoms with Gasteiger partial charge in [-0.1, -0.05) is 12.2 Å². The van der Waals surface area contributed by atoms with Crippen LogP contribution in [0, 0.1) is 19.7 Å². The first-order valence-corrected chi connectivity index (χ1v) is 6.99. The van der Waals surface area contributed by atoms with Gasteiger partial charge in [0.15, 0.2) is 0 Å². The fourth-order valence-electron chi connectivity index (χ4n) is 1.84. The highest BCUT2D eigenvalue weighted by atomic mass is 79.9. The minimum atomic E-state index is -0.399. The van der Waals surface area contributed by atoms with Crippen LogP contribution in [-0.4, -0.2) is 9.97 Å². The van der Waals surface area contributed by atoms with Crippen molar-refractivity contribution in [3.8, 4) is 11.6 Å². The largest absolute Gasteiger partial charge is 0.437 e. The smallest absolute Gasteiger partial charge is 0.230 e. The van der Waals surface area contributed by atoms with Gasteiger partial charge in [-0.05, 0) is 53.5 Å². The number of nitrogens with two attached hydrogens (primary N) is 1. The third-order valence-electron chi connectivity index (χ3n) is 2.66. The van der Waals surface area contributed by atoms with Crippen molar-refractivity contribution in [1.29, 1.82) is 0 Å². The first kappa shape index (κ1) is 14.9. The fraction of sp³-hybridized carbons (Fsp3) is 0.143. The van der Waals surface area contributed by atoms with E-state index in [1.54, 1.807) is 6.07 Å². The quantitative estimate of drug-likeness (QED) is 0.845. The lowest BCUT2D eigenvalue weighted by Crippen LogP contribution is -2.14. The van der Waals surface area contributed by atoms with Crippen molar-refractivity contribution in [2.75, 3.05) is 0 Å². The standard InChI is InChI=1S/C14H12BrFN2OS/c1-7-5-8(2)18-14(12(7)13(17)20)19-11-6-9(16)3-4-10(11)15/h3-6H,1-2H3,(H2,17,20). The Balaban J connectivity index is 2.53. The van der Waals surface area contributed by atoms with Crippen LogP contribution in [0.2, 0.25) is 0 Å². The summed E-state index contributed by atoms with van der Waals surface area (Å²) in [7, 11) is 0. The second-order valence-corrected chi connectivity index (χ2v) is 5.60. The molecule has 0 radical (unpaired) electrons. The number of pyridine rings is 1. The van der Waals surface area contributed by atoms with Gasteiger partial charge in [-0.15, -0.1) is 0 Å². The number of hydrogen-bond donors (Lipinski definition) is 1. The number of nitrogens with zero attached hydrogens (tertiary/aromatic N) is 1. The van der Waals surface area contributed by atoms with Gasteiger partial charge in [-0.2, -0.15) is 0 Å². The molecule has 0 atom stereocenters. The molecule has 0 spiro atoms. The molecule has 2 aromatic rings. The van der Waals surface area contributed by atoms with Gasteiger partial charge < -0.3 is 10.5 Å². The molecule has 0 fully saturated rings. The monoisotopic (exact) mass is 354 g/mol. The average Bonchev–Trinajstić information content (AvgIpc) is 2.32. The molecule has 0 amide bonds. The van der Waals surface area contributed by atoms with Crippen molar-refractivity contribution >= 4 is 33.1 Å². The van der Waals surface area contributed by atoms with Gasteiger partial charge in [0, 0.05) is 11.8 Å². The lowest BCUT2D eigenvalue weighted by Gasteiger charge is -2.13. The Labute approximate surface area is 130 Å². The Hall–Kier alpha value is -1.53. The Kier molecular flexibility index (Phi) is 4.35. The molecule has 1 heterocycles. The van der Waals surface area contributed by atoms with Crippen LogP contribution in [0.3, 0.4) is 0 Å². The first-order valence-electron chi connectivity index (χ1n) is 5.79. The Morgan fingerprint density at radius 2 is 2.05 bits per heavy atom. The van der Waals surface area contributed by atoms with Crippen molar-refractivity contribution in [1.82, 2.24) is 4.98 Å². The summed E-state index contributed by atoms with van der Waals surface area (Å²) in [5, 5.41) is 0. The molecule has 0 aliphatic carbocycles. The third kappa shape index (κ3) is 3.13. The molecular weight excluding hydrogens is 343 g/mol. The van der Waals surface area contributed by atoms with E-state index in [1.165, 1.54) is 12.1 Å². The number of halogens is 2. The molecule has 2 N–H and O–H groups in total. The Morgan fingerprint density at radius 3 is 2.70 bits per heavy atom. The third-order valence-corrected chi connectivity index (χ3v) is 3.52. The van der Waals surface area contributed by atoms with E-state index in [-0.39, 0.29) is 10.9 Å². The molecule has 0 unspecified atom stereocenters. The van der Waals surface area contributed by atoms with Crippen LogP contribution in [0.25, 0.3) is 0 Å². The summed E-state index contributed by atoms with van der Waals surface area (Å²) < 4.78 is 19.6. The van der Waals surface area contributed by atoms with E-state index in [1.807, 2.05) is 19.9 Å². The number of hydrogen-bond acceptors (Lipinski definition) is 3. The molecule has 3 nitrogen and oxygen atoms in total. The lowest BCUT2D eigenvalue weighted by atomic mass is 10.1. The van der Waals surface area contributed by atoms with E-state index >= 15 is 0 Å². The number of benzene rings is 1. The zero-order valence-corrected chi connectivity index (χ0v) is 13.3. The Morgan fingerprint density at radius 1 is 1.35 bits per heavy atom. The van der Waals surface area contributed by atoms with Crippen molar-refractivity contribution < 1.29 is 9.13 Å². The van der Waals surface area contributed by atoms with Crippen molar-refractivity contribution in [3.63, 3.8) is 0 Å². The van der Waals surface area contributed by atoms with Crippen LogP contribution < -0.4 is 10.5 Å². The zero-order chi connectivity index (χ0) is 14.9. The van der Waals surface area contributed by atoms with Crippen LogP contribution in [0.4, 0.5) is 4.39 Å². The summed E-state index contributed by atoms with van der Waals surface area (Å²) in [6, 6.07) is 6.03. The summed E-state index contributed by atoms with van der Waals surface area (Å²) in [5.41, 5.74) is 7.91. The highest BCUT2D eigenvalue weighted by Crippen LogP contribution is 2.32. The number of aryl methyl sites for hydroxylation is 2. The van der Waals surface area contributed by atoms with Crippen molar-refractivity contribution in [2.24, 2.45) is 5.73 Å². The Bertz CT molecular complexity index is 691. The van der Waals surface area contributed by atoms with Gasteiger partial charge in [-0.3, -0.25) is 0 Å². The molecule has 0 aliphatic rings. The van der Waals surface area contributed by atoms with Crippen LogP contribution in [0.1, 0.15) is 16.8 Å². The van der Waals surface area contributed by atoms with E-state index in [0.29, 0.717) is 15.8 Å². The topological polar surface area (TPSA) is 48.1 Å². The number of aromatic nitrogens is 1. The van der Waals surface area contributed by atoms with Crippen LogP contribution in [0.5, 0.6) is 11.6 Å². The normalized spacial score (nSPS) is 10.4. The number of rotatable bonds is 3. The highest BCUT2D eigenvalue weighted by Gasteiger charge is 2.15. The van der Waals surface area contributed by atoms with E-state index < -0.39 is 5.82 Å². The van der Waals surface area contributed by atoms with E-state index in [2.05, 4.69) is 20.9 Å². The van der Waals surface area contributed by atoms with E-state index in [0.717, 1.165) is 11.3 Å². The molecular formula is C14H12BrFN2OS. The molecule has 0 bridgehead atoms. The van der Waals surface area contributed by atoms with Gasteiger partial charge in [0.25, 0.3) is 0 Å². The minimum absolute atomic E-state index is 0.192. The summed E-state index contributed by atoms with van der Waals surface area (Å²) >= 11 is 8.33. The molecule has 2 rings (SSSR count). The zero-order valence-electron chi connectivity index (χ0n) is 10.9. The maximum absolute atomic E-state index is 13.3. The number of ether oxygens (including phenoxy) is 1. The van der Waals surface area contributed by atoms with Crippen LogP contribution in [-0.2, 0) is 0 Å². The maximum Gasteiger partial charge on any atom is 0.230 e. The van der Waals surface area contributed by atoms with Crippen LogP contribution in [0.15, 0.2) is 28.7 Å². The van der Waals surface area contributed by atoms with E-state index in [9.17, 15) is 4.39 Å². The number of thiocarbonyl (C=S) groups is 1. The summed E-state index contributed by atoms with van der Waals surface area (Å²) in [6.45, 7) is 3.71. The average molecular weight is 355 g/mol. The molecule has 0 aliphatic heterocycles. The SMILES string of the molecule is Cc1cc(C)c(C(N)=S)c(Oc2cc(F)ccc2Br)n1. The second kappa shape index (κ2) is 5.85. The van der Waals surface area contributed by atoms with Gasteiger partial charge in [0.1, 0.15) is 16.6 Å². The van der Waals surface area contributed by atoms with Gasteiger partial charge in [-0.25, -0.2) is 9.37 Å². The van der Waals surface area contributed by atoms with Crippen LogP contribution >= 0.6 is 28.1 Å². The van der Waals surface area contributed by atoms with Crippen molar-refractivity contribution in [3.05, 3.63) is 51.4 Å². The minimum Gasteiger partial charge on any atom is -0.437 e. The van der Waals surface area contributed by atoms with E-state index in [4.69, 9.17) is 22.7 Å². The summed E-state index contributed by atoms with van der Waals surface area (Å²) in [6.07, 6.45) is 0. The predicted molar refractivity (Wildman–Crippen MR) is 83.8 cm³/mol. The maximum atomic E-state index is 13.3. The van der Waals surface area contributed by atoms with Gasteiger partial charge in [0.05, 0.1) is 10.0 Å². The molecule has 20 heavy (non-hydrogen) atoms. The molecule has 0 saturated carbocycles. The lowest BCUT2D eigenvalue weighted by molar-refractivity contribution is 0.452. The highest BCUT2D eigenvalue weighted by molar-refractivity contribution is 9.10.